The second-order valence-electron chi connectivity index (χ2n) is 4.80. The highest BCUT2D eigenvalue weighted by atomic mass is 19.3. The molecule has 1 atom stereocenters. The van der Waals surface area contributed by atoms with E-state index in [1.165, 1.54) is 0 Å². The molecule has 0 spiro atoms. The number of halogens is 2. The Bertz CT molecular complexity index is 302. The molecule has 2 aliphatic rings. The number of aliphatic hydroxyl groups is 1. The number of hydrogen-bond acceptors (Lipinski definition) is 2. The van der Waals surface area contributed by atoms with Crippen molar-refractivity contribution < 1.29 is 13.9 Å². The fourth-order valence-electron chi connectivity index (χ4n) is 2.31. The zero-order valence-corrected chi connectivity index (χ0v) is 9.13. The fraction of sp³-hybridized carbons (Fsp3) is 0.667. The normalized spacial score (nSPS) is 31.1. The third-order valence-electron chi connectivity index (χ3n) is 3.37. The van der Waals surface area contributed by atoms with Crippen molar-refractivity contribution in [3.63, 3.8) is 0 Å². The van der Waals surface area contributed by atoms with E-state index >= 15 is 0 Å². The number of dihydropyridines is 1. The van der Waals surface area contributed by atoms with Crippen molar-refractivity contribution in [2.24, 2.45) is 0 Å². The van der Waals surface area contributed by atoms with Crippen molar-refractivity contribution in [3.8, 4) is 0 Å². The first kappa shape index (κ1) is 11.6. The Kier molecular flexibility index (Phi) is 3.02. The molecular formula is C12H17F2NO. The SMILES string of the molecule is OC1(CC2C=CC=CN2)CCC(F)(F)CC1. The molecule has 2 rings (SSSR count). The maximum atomic E-state index is 13.0. The maximum absolute atomic E-state index is 13.0. The minimum absolute atomic E-state index is 0.0572. The molecule has 0 amide bonds. The number of hydrogen-bond donors (Lipinski definition) is 2. The van der Waals surface area contributed by atoms with Gasteiger partial charge in [0.15, 0.2) is 0 Å². The van der Waals surface area contributed by atoms with Gasteiger partial charge in [-0.2, -0.15) is 0 Å². The van der Waals surface area contributed by atoms with Crippen molar-refractivity contribution in [1.82, 2.24) is 5.32 Å². The zero-order valence-electron chi connectivity index (χ0n) is 9.13. The van der Waals surface area contributed by atoms with Crippen molar-refractivity contribution in [1.29, 1.82) is 0 Å². The van der Waals surface area contributed by atoms with Crippen LogP contribution in [0.4, 0.5) is 8.78 Å². The highest BCUT2D eigenvalue weighted by Gasteiger charge is 2.42. The lowest BCUT2D eigenvalue weighted by molar-refractivity contribution is -0.107. The minimum atomic E-state index is -2.58. The molecule has 0 radical (unpaired) electrons. The van der Waals surface area contributed by atoms with Gasteiger partial charge in [-0.05, 0) is 31.5 Å². The maximum Gasteiger partial charge on any atom is 0.248 e. The van der Waals surface area contributed by atoms with E-state index in [1.807, 2.05) is 24.4 Å². The molecule has 0 bridgehead atoms. The lowest BCUT2D eigenvalue weighted by Crippen LogP contribution is -2.43. The fourth-order valence-corrected chi connectivity index (χ4v) is 2.31. The Hall–Kier alpha value is -0.900. The van der Waals surface area contributed by atoms with Gasteiger partial charge in [0.1, 0.15) is 0 Å². The standard InChI is InChI=1S/C12H17F2NO/c13-12(14)6-4-11(16,5-7-12)9-10-3-1-2-8-15-10/h1-3,8,10,15-16H,4-7,9H2. The van der Waals surface area contributed by atoms with Gasteiger partial charge in [-0.25, -0.2) is 8.78 Å². The average molecular weight is 229 g/mol. The van der Waals surface area contributed by atoms with E-state index in [2.05, 4.69) is 5.32 Å². The Labute approximate surface area is 94.0 Å². The van der Waals surface area contributed by atoms with E-state index in [0.29, 0.717) is 6.42 Å². The quantitative estimate of drug-likeness (QED) is 0.762. The predicted molar refractivity (Wildman–Crippen MR) is 58.2 cm³/mol. The monoisotopic (exact) mass is 229 g/mol. The summed E-state index contributed by atoms with van der Waals surface area (Å²) in [5, 5.41) is 13.3. The predicted octanol–water partition coefficient (Wildman–Crippen LogP) is 2.36. The molecule has 0 saturated heterocycles. The molecule has 1 unspecified atom stereocenters. The summed E-state index contributed by atoms with van der Waals surface area (Å²) >= 11 is 0. The van der Waals surface area contributed by atoms with Crippen LogP contribution >= 0.6 is 0 Å². The first-order valence-corrected chi connectivity index (χ1v) is 5.69. The molecule has 16 heavy (non-hydrogen) atoms. The van der Waals surface area contributed by atoms with Crippen molar-refractivity contribution >= 4 is 0 Å². The number of alkyl halides is 2. The summed E-state index contributed by atoms with van der Waals surface area (Å²) in [5.74, 6) is -2.58. The minimum Gasteiger partial charge on any atom is -0.390 e. The highest BCUT2D eigenvalue weighted by Crippen LogP contribution is 2.40. The van der Waals surface area contributed by atoms with E-state index in [4.69, 9.17) is 0 Å². The van der Waals surface area contributed by atoms with Gasteiger partial charge in [0.25, 0.3) is 0 Å². The van der Waals surface area contributed by atoms with Gasteiger partial charge in [0.2, 0.25) is 5.92 Å². The van der Waals surface area contributed by atoms with Gasteiger partial charge in [0, 0.05) is 18.9 Å². The van der Waals surface area contributed by atoms with Gasteiger partial charge in [-0.1, -0.05) is 12.2 Å². The van der Waals surface area contributed by atoms with Crippen LogP contribution in [0.2, 0.25) is 0 Å². The van der Waals surface area contributed by atoms with Crippen molar-refractivity contribution in [2.75, 3.05) is 0 Å². The molecule has 0 aromatic heterocycles. The molecule has 0 aromatic carbocycles. The third-order valence-corrected chi connectivity index (χ3v) is 3.37. The van der Waals surface area contributed by atoms with E-state index in [-0.39, 0.29) is 31.7 Å². The van der Waals surface area contributed by atoms with E-state index in [1.54, 1.807) is 0 Å². The lowest BCUT2D eigenvalue weighted by atomic mass is 9.78. The van der Waals surface area contributed by atoms with Crippen LogP contribution in [0.1, 0.15) is 32.1 Å². The molecule has 1 saturated carbocycles. The third kappa shape index (κ3) is 2.82. The van der Waals surface area contributed by atoms with Gasteiger partial charge < -0.3 is 10.4 Å². The molecule has 4 heteroatoms. The highest BCUT2D eigenvalue weighted by molar-refractivity contribution is 5.13. The van der Waals surface area contributed by atoms with Crippen LogP contribution in [0.25, 0.3) is 0 Å². The molecule has 1 aliphatic heterocycles. The van der Waals surface area contributed by atoms with E-state index in [9.17, 15) is 13.9 Å². The Morgan fingerprint density at radius 3 is 2.44 bits per heavy atom. The van der Waals surface area contributed by atoms with Gasteiger partial charge in [-0.3, -0.25) is 0 Å². The topological polar surface area (TPSA) is 32.3 Å². The summed E-state index contributed by atoms with van der Waals surface area (Å²) in [7, 11) is 0. The lowest BCUT2D eigenvalue weighted by Gasteiger charge is -2.37. The molecular weight excluding hydrogens is 212 g/mol. The van der Waals surface area contributed by atoms with Crippen molar-refractivity contribution in [3.05, 3.63) is 24.4 Å². The Morgan fingerprint density at radius 1 is 1.19 bits per heavy atom. The summed E-state index contributed by atoms with van der Waals surface area (Å²) in [4.78, 5) is 0. The average Bonchev–Trinajstić information content (AvgIpc) is 2.25. The van der Waals surface area contributed by atoms with Gasteiger partial charge >= 0.3 is 0 Å². The van der Waals surface area contributed by atoms with Crippen molar-refractivity contribution in [2.45, 2.75) is 49.7 Å². The van der Waals surface area contributed by atoms with Crippen LogP contribution in [0.15, 0.2) is 24.4 Å². The van der Waals surface area contributed by atoms with Crippen LogP contribution in [-0.2, 0) is 0 Å². The van der Waals surface area contributed by atoms with Crippen LogP contribution in [0.3, 0.4) is 0 Å². The summed E-state index contributed by atoms with van der Waals surface area (Å²) in [6.45, 7) is 0. The Balaban J connectivity index is 1.89. The zero-order chi connectivity index (χ0) is 11.6. The molecule has 1 heterocycles. The largest absolute Gasteiger partial charge is 0.390 e. The summed E-state index contributed by atoms with van der Waals surface area (Å²) < 4.78 is 25.9. The summed E-state index contributed by atoms with van der Waals surface area (Å²) in [5.41, 5.74) is -0.936. The molecule has 0 aromatic rings. The van der Waals surface area contributed by atoms with Gasteiger partial charge in [0.05, 0.1) is 5.60 Å². The van der Waals surface area contributed by atoms with Crippen LogP contribution < -0.4 is 5.32 Å². The summed E-state index contributed by atoms with van der Waals surface area (Å²) in [6.07, 6.45) is 8.02. The van der Waals surface area contributed by atoms with Crippen LogP contribution in [0.5, 0.6) is 0 Å². The van der Waals surface area contributed by atoms with E-state index in [0.717, 1.165) is 0 Å². The van der Waals surface area contributed by atoms with Crippen LogP contribution in [-0.4, -0.2) is 22.7 Å². The van der Waals surface area contributed by atoms with E-state index < -0.39 is 11.5 Å². The second-order valence-corrected chi connectivity index (χ2v) is 4.80. The smallest absolute Gasteiger partial charge is 0.248 e. The first-order chi connectivity index (χ1) is 7.49. The van der Waals surface area contributed by atoms with Crippen LogP contribution in [0, 0.1) is 0 Å². The summed E-state index contributed by atoms with van der Waals surface area (Å²) in [6, 6.07) is 0.0572. The molecule has 2 nitrogen and oxygen atoms in total. The molecule has 2 N–H and O–H groups in total. The molecule has 1 aliphatic carbocycles. The molecule has 90 valence electrons. The van der Waals surface area contributed by atoms with Gasteiger partial charge in [-0.15, -0.1) is 0 Å². The second kappa shape index (κ2) is 4.17. The Morgan fingerprint density at radius 2 is 1.88 bits per heavy atom. The molecule has 1 fully saturated rings. The number of allylic oxidation sites excluding steroid dienone is 2. The number of rotatable bonds is 2. The first-order valence-electron chi connectivity index (χ1n) is 5.69. The number of nitrogens with one attached hydrogen (secondary N) is 1.